The van der Waals surface area contributed by atoms with E-state index in [1.165, 1.54) is 16.8 Å². The number of pyridine rings is 1. The number of fused-ring (bicyclic) bond motifs is 2. The fourth-order valence-corrected chi connectivity index (χ4v) is 5.38. The molecule has 3 heterocycles. The second-order valence-electron chi connectivity index (χ2n) is 8.72. The van der Waals surface area contributed by atoms with E-state index < -0.39 is 28.7 Å². The lowest BCUT2D eigenvalue weighted by Gasteiger charge is -2.44. The lowest BCUT2D eigenvalue weighted by atomic mass is 9.79. The first-order valence-electron chi connectivity index (χ1n) is 10.3. The fraction of sp³-hybridized carbons (Fsp3) is 0.409. The minimum atomic E-state index is -0.949. The Morgan fingerprint density at radius 2 is 2.10 bits per heavy atom. The molecule has 9 heteroatoms. The third kappa shape index (κ3) is 3.02. The van der Waals surface area contributed by atoms with Gasteiger partial charge in [0.2, 0.25) is 5.43 Å². The first kappa shape index (κ1) is 19.7. The van der Waals surface area contributed by atoms with E-state index in [1.807, 2.05) is 0 Å². The van der Waals surface area contributed by atoms with E-state index in [0.717, 1.165) is 31.7 Å². The summed E-state index contributed by atoms with van der Waals surface area (Å²) in [5.74, 6) is -3.08. The zero-order chi connectivity index (χ0) is 21.9. The van der Waals surface area contributed by atoms with E-state index in [2.05, 4.69) is 5.32 Å². The number of aromatic nitrogens is 1. The van der Waals surface area contributed by atoms with Crippen LogP contribution >= 0.6 is 0 Å². The molecule has 3 aliphatic rings. The normalized spacial score (nSPS) is 24.0. The molecule has 0 unspecified atom stereocenters. The molecule has 31 heavy (non-hydrogen) atoms. The molecule has 1 spiro atoms. The highest BCUT2D eigenvalue weighted by atomic mass is 19.1. The molecule has 0 radical (unpaired) electrons. The van der Waals surface area contributed by atoms with Crippen LogP contribution in [-0.2, 0) is 13.1 Å². The van der Waals surface area contributed by atoms with Gasteiger partial charge in [-0.2, -0.15) is 0 Å². The van der Waals surface area contributed by atoms with Crippen molar-refractivity contribution >= 4 is 11.8 Å². The molecule has 1 aliphatic carbocycles. The molecule has 5 rings (SSSR count). The van der Waals surface area contributed by atoms with E-state index in [9.17, 15) is 28.3 Å². The second-order valence-corrected chi connectivity index (χ2v) is 8.72. The molecule has 2 N–H and O–H groups in total. The summed E-state index contributed by atoms with van der Waals surface area (Å²) in [6, 6.07) is 2.98. The number of carbonyl (C=O) groups excluding carboxylic acids is 2. The molecule has 162 valence electrons. The van der Waals surface area contributed by atoms with Crippen LogP contribution in [0.5, 0.6) is 5.75 Å². The van der Waals surface area contributed by atoms with Gasteiger partial charge in [0.05, 0.1) is 5.54 Å². The average Bonchev–Trinajstić information content (AvgIpc) is 2.99. The van der Waals surface area contributed by atoms with E-state index >= 15 is 0 Å². The molecule has 2 aromatic rings. The van der Waals surface area contributed by atoms with Crippen molar-refractivity contribution < 1.29 is 23.5 Å². The zero-order valence-corrected chi connectivity index (χ0v) is 16.7. The first-order chi connectivity index (χ1) is 14.8. The minimum absolute atomic E-state index is 0.0564. The molecule has 2 aliphatic heterocycles. The van der Waals surface area contributed by atoms with Gasteiger partial charge in [0.25, 0.3) is 11.8 Å². The molecular formula is C22H21F2N3O4. The number of nitrogens with one attached hydrogen (secondary N) is 1. The topological polar surface area (TPSA) is 91.6 Å². The SMILES string of the molecule is O=C(NCc1ccc(F)cc1F)c1cn2c(c(O)c1=O)C(=O)N1C[C@H]3CCC[C@@]1(C3)C2. The van der Waals surface area contributed by atoms with Gasteiger partial charge < -0.3 is 19.9 Å². The Hall–Kier alpha value is -3.23. The molecule has 1 saturated heterocycles. The summed E-state index contributed by atoms with van der Waals surface area (Å²) in [6.45, 7) is 0.772. The van der Waals surface area contributed by atoms with Crippen molar-refractivity contribution in [1.29, 1.82) is 0 Å². The average molecular weight is 429 g/mol. The van der Waals surface area contributed by atoms with Gasteiger partial charge in [0.1, 0.15) is 17.2 Å². The summed E-state index contributed by atoms with van der Waals surface area (Å²) in [7, 11) is 0. The molecule has 1 aromatic carbocycles. The molecule has 2 fully saturated rings. The lowest BCUT2D eigenvalue weighted by molar-refractivity contribution is 0.0419. The van der Waals surface area contributed by atoms with E-state index in [-0.39, 0.29) is 34.8 Å². The number of halogens is 2. The maximum absolute atomic E-state index is 13.8. The van der Waals surface area contributed by atoms with Crippen LogP contribution in [0.2, 0.25) is 0 Å². The Balaban J connectivity index is 1.46. The van der Waals surface area contributed by atoms with Crippen LogP contribution in [0.15, 0.2) is 29.2 Å². The Bertz CT molecular complexity index is 1180. The lowest BCUT2D eigenvalue weighted by Crippen LogP contribution is -2.55. The molecular weight excluding hydrogens is 408 g/mol. The van der Waals surface area contributed by atoms with Gasteiger partial charge in [-0.05, 0) is 31.2 Å². The molecule has 2 atom stereocenters. The fourth-order valence-electron chi connectivity index (χ4n) is 5.38. The molecule has 2 bridgehead atoms. The Morgan fingerprint density at radius 3 is 2.87 bits per heavy atom. The number of amides is 2. The largest absolute Gasteiger partial charge is 0.503 e. The van der Waals surface area contributed by atoms with Crippen molar-refractivity contribution in [2.45, 2.75) is 44.3 Å². The minimum Gasteiger partial charge on any atom is -0.503 e. The van der Waals surface area contributed by atoms with Crippen molar-refractivity contribution in [2.24, 2.45) is 5.92 Å². The molecule has 7 nitrogen and oxygen atoms in total. The molecule has 1 aromatic heterocycles. The predicted octanol–water partition coefficient (Wildman–Crippen LogP) is 2.16. The molecule has 1 saturated carbocycles. The Labute approximate surface area is 176 Å². The second kappa shape index (κ2) is 6.90. The number of rotatable bonds is 3. The van der Waals surface area contributed by atoms with Crippen molar-refractivity contribution in [3.05, 3.63) is 63.1 Å². The smallest absolute Gasteiger partial charge is 0.275 e. The van der Waals surface area contributed by atoms with Gasteiger partial charge in [-0.1, -0.05) is 12.5 Å². The Kier molecular flexibility index (Phi) is 4.39. The summed E-state index contributed by atoms with van der Waals surface area (Å²) >= 11 is 0. The van der Waals surface area contributed by atoms with Crippen molar-refractivity contribution in [2.75, 3.05) is 6.54 Å². The summed E-state index contributed by atoms with van der Waals surface area (Å²) in [6.07, 6.45) is 5.08. The van der Waals surface area contributed by atoms with E-state index in [4.69, 9.17) is 0 Å². The summed E-state index contributed by atoms with van der Waals surface area (Å²) in [5.41, 5.74) is -1.66. The number of hydrogen-bond acceptors (Lipinski definition) is 4. The van der Waals surface area contributed by atoms with Crippen molar-refractivity contribution in [1.82, 2.24) is 14.8 Å². The standard InChI is InChI=1S/C22H21F2N3O4/c23-14-4-3-13(16(24)6-14)8-25-20(30)15-10-26-11-22-5-1-2-12(7-22)9-27(22)21(31)17(26)19(29)18(15)28/h3-4,6,10,12,29H,1-2,5,7-9,11H2,(H,25,30)/t12-,22+/m0/s1. The van der Waals surface area contributed by atoms with Gasteiger partial charge in [0.15, 0.2) is 11.4 Å². The number of aromatic hydroxyl groups is 1. The summed E-state index contributed by atoms with van der Waals surface area (Å²) in [4.78, 5) is 40.2. The number of benzene rings is 1. The van der Waals surface area contributed by atoms with Crippen LogP contribution < -0.4 is 10.7 Å². The van der Waals surface area contributed by atoms with Crippen LogP contribution in [0, 0.1) is 17.6 Å². The Morgan fingerprint density at radius 1 is 1.29 bits per heavy atom. The van der Waals surface area contributed by atoms with Crippen molar-refractivity contribution in [3.8, 4) is 5.75 Å². The third-order valence-electron chi connectivity index (χ3n) is 6.80. The highest BCUT2D eigenvalue weighted by molar-refractivity contribution is 5.99. The van der Waals surface area contributed by atoms with Gasteiger partial charge >= 0.3 is 0 Å². The third-order valence-corrected chi connectivity index (χ3v) is 6.80. The van der Waals surface area contributed by atoms with Crippen LogP contribution in [0.1, 0.15) is 52.1 Å². The number of carbonyl (C=O) groups is 2. The highest BCUT2D eigenvalue weighted by Gasteiger charge is 2.53. The van der Waals surface area contributed by atoms with Crippen molar-refractivity contribution in [3.63, 3.8) is 0 Å². The number of nitrogens with zero attached hydrogens (tertiary/aromatic N) is 2. The zero-order valence-electron chi connectivity index (χ0n) is 16.7. The van der Waals surface area contributed by atoms with Gasteiger partial charge in [-0.15, -0.1) is 0 Å². The van der Waals surface area contributed by atoms with Crippen LogP contribution in [-0.4, -0.2) is 38.5 Å². The van der Waals surface area contributed by atoms with Gasteiger partial charge in [-0.25, -0.2) is 8.78 Å². The predicted molar refractivity (Wildman–Crippen MR) is 106 cm³/mol. The van der Waals surface area contributed by atoms with E-state index in [1.54, 1.807) is 4.90 Å². The van der Waals surface area contributed by atoms with E-state index in [0.29, 0.717) is 25.1 Å². The summed E-state index contributed by atoms with van der Waals surface area (Å²) < 4.78 is 28.4. The highest BCUT2D eigenvalue weighted by Crippen LogP contribution is 2.48. The monoisotopic (exact) mass is 429 g/mol. The van der Waals surface area contributed by atoms with Crippen LogP contribution in [0.25, 0.3) is 0 Å². The maximum atomic E-state index is 13.8. The van der Waals surface area contributed by atoms with Gasteiger partial charge in [0, 0.05) is 37.5 Å². The van der Waals surface area contributed by atoms with Crippen LogP contribution in [0.4, 0.5) is 8.78 Å². The quantitative estimate of drug-likeness (QED) is 0.782. The van der Waals surface area contributed by atoms with Crippen LogP contribution in [0.3, 0.4) is 0 Å². The maximum Gasteiger partial charge on any atom is 0.275 e. The van der Waals surface area contributed by atoms with Gasteiger partial charge in [-0.3, -0.25) is 14.4 Å². The number of hydrogen-bond donors (Lipinski definition) is 2. The molecule has 2 amide bonds. The first-order valence-corrected chi connectivity index (χ1v) is 10.3. The summed E-state index contributed by atoms with van der Waals surface area (Å²) in [5, 5.41) is 12.9.